The average Bonchev–Trinajstić information content (AvgIpc) is 3.13. The lowest BCUT2D eigenvalue weighted by molar-refractivity contribution is 0.0519. The molecule has 1 fully saturated rings. The topological polar surface area (TPSA) is 97.9 Å². The number of esters is 1. The molecule has 0 spiro atoms. The van der Waals surface area contributed by atoms with E-state index in [-0.39, 0.29) is 30.6 Å². The van der Waals surface area contributed by atoms with Crippen LogP contribution in [0.2, 0.25) is 0 Å². The van der Waals surface area contributed by atoms with Crippen LogP contribution in [-0.4, -0.2) is 66.9 Å². The number of aromatic amines is 1. The summed E-state index contributed by atoms with van der Waals surface area (Å²) in [5, 5.41) is 0. The zero-order chi connectivity index (χ0) is 23.5. The Morgan fingerprint density at radius 2 is 1.79 bits per heavy atom. The number of benzene rings is 1. The highest BCUT2D eigenvalue weighted by molar-refractivity contribution is 6.03. The summed E-state index contributed by atoms with van der Waals surface area (Å²) in [5.41, 5.74) is 2.82. The van der Waals surface area contributed by atoms with E-state index in [9.17, 15) is 14.4 Å². The first-order valence-electron chi connectivity index (χ1n) is 11.4. The second-order valence-electron chi connectivity index (χ2n) is 8.54. The minimum atomic E-state index is -0.449. The van der Waals surface area contributed by atoms with E-state index in [4.69, 9.17) is 14.2 Å². The van der Waals surface area contributed by atoms with Gasteiger partial charge < -0.3 is 19.2 Å². The van der Waals surface area contributed by atoms with E-state index < -0.39 is 5.97 Å². The van der Waals surface area contributed by atoms with Crippen LogP contribution in [-0.2, 0) is 4.74 Å². The van der Waals surface area contributed by atoms with Crippen molar-refractivity contribution in [2.75, 3.05) is 39.5 Å². The molecule has 2 aliphatic rings. The summed E-state index contributed by atoms with van der Waals surface area (Å²) < 4.78 is 16.2. The lowest BCUT2D eigenvalue weighted by Gasteiger charge is -2.31. The lowest BCUT2D eigenvalue weighted by Crippen LogP contribution is -2.39. The highest BCUT2D eigenvalue weighted by Gasteiger charge is 2.29. The Hall–Kier alpha value is -3.13. The van der Waals surface area contributed by atoms with Crippen molar-refractivity contribution >= 4 is 17.5 Å². The molecule has 3 heterocycles. The molecular formula is C25H30N2O6. The summed E-state index contributed by atoms with van der Waals surface area (Å²) >= 11 is 0. The van der Waals surface area contributed by atoms with E-state index in [2.05, 4.69) is 9.88 Å². The average molecular weight is 455 g/mol. The Kier molecular flexibility index (Phi) is 6.83. The smallest absolute Gasteiger partial charge is 0.355 e. The number of H-pyrrole nitrogens is 1. The van der Waals surface area contributed by atoms with Crippen LogP contribution in [0.25, 0.3) is 0 Å². The van der Waals surface area contributed by atoms with Gasteiger partial charge in [0.25, 0.3) is 0 Å². The maximum absolute atomic E-state index is 13.0. The van der Waals surface area contributed by atoms with Gasteiger partial charge in [0.1, 0.15) is 18.9 Å². The van der Waals surface area contributed by atoms with E-state index in [1.54, 1.807) is 39.0 Å². The molecule has 33 heavy (non-hydrogen) atoms. The molecule has 1 N–H and O–H groups in total. The predicted molar refractivity (Wildman–Crippen MR) is 121 cm³/mol. The third-order valence-electron chi connectivity index (χ3n) is 6.35. The van der Waals surface area contributed by atoms with Crippen LogP contribution >= 0.6 is 0 Å². The van der Waals surface area contributed by atoms with Gasteiger partial charge in [0.2, 0.25) is 0 Å². The molecule has 1 aromatic carbocycles. The van der Waals surface area contributed by atoms with Crippen molar-refractivity contribution < 1.29 is 28.6 Å². The molecule has 8 nitrogen and oxygen atoms in total. The molecule has 1 aromatic heterocycles. The van der Waals surface area contributed by atoms with Crippen molar-refractivity contribution in [1.29, 1.82) is 0 Å². The van der Waals surface area contributed by atoms with Crippen LogP contribution in [0.3, 0.4) is 0 Å². The van der Waals surface area contributed by atoms with Crippen LogP contribution in [0.4, 0.5) is 0 Å². The highest BCUT2D eigenvalue weighted by Crippen LogP contribution is 2.32. The van der Waals surface area contributed by atoms with E-state index in [0.29, 0.717) is 78.7 Å². The number of carbonyl (C=O) groups excluding carboxylic acids is 3. The first-order chi connectivity index (χ1) is 15.9. The van der Waals surface area contributed by atoms with Crippen molar-refractivity contribution in [3.8, 4) is 11.5 Å². The summed E-state index contributed by atoms with van der Waals surface area (Å²) in [7, 11) is 0. The molecule has 2 aliphatic heterocycles. The molecule has 0 saturated carbocycles. The van der Waals surface area contributed by atoms with Gasteiger partial charge in [-0.25, -0.2) is 4.79 Å². The number of rotatable bonds is 7. The van der Waals surface area contributed by atoms with Gasteiger partial charge in [-0.1, -0.05) is 0 Å². The van der Waals surface area contributed by atoms with Gasteiger partial charge in [0.15, 0.2) is 23.1 Å². The molecule has 2 aromatic rings. The van der Waals surface area contributed by atoms with Gasteiger partial charge in [-0.15, -0.1) is 0 Å². The maximum atomic E-state index is 13.0. The normalized spacial score (nSPS) is 16.5. The minimum Gasteiger partial charge on any atom is -0.486 e. The Labute approximate surface area is 193 Å². The first-order valence-corrected chi connectivity index (χ1v) is 11.4. The van der Waals surface area contributed by atoms with Gasteiger partial charge in [-0.3, -0.25) is 14.5 Å². The van der Waals surface area contributed by atoms with Crippen molar-refractivity contribution in [2.24, 2.45) is 5.92 Å². The van der Waals surface area contributed by atoms with E-state index >= 15 is 0 Å². The fourth-order valence-corrected chi connectivity index (χ4v) is 4.64. The monoisotopic (exact) mass is 454 g/mol. The third-order valence-corrected chi connectivity index (χ3v) is 6.35. The number of nitrogens with zero attached hydrogens (tertiary/aromatic N) is 1. The molecular weight excluding hydrogens is 424 g/mol. The number of hydrogen-bond donors (Lipinski definition) is 1. The molecule has 0 amide bonds. The number of aryl methyl sites for hydroxylation is 1. The van der Waals surface area contributed by atoms with Gasteiger partial charge >= 0.3 is 5.97 Å². The summed E-state index contributed by atoms with van der Waals surface area (Å²) in [5.74, 6) is 0.839. The molecule has 0 radical (unpaired) electrons. The van der Waals surface area contributed by atoms with Crippen molar-refractivity contribution in [3.63, 3.8) is 0 Å². The Morgan fingerprint density at radius 1 is 1.09 bits per heavy atom. The summed E-state index contributed by atoms with van der Waals surface area (Å²) in [6.45, 7) is 8.17. The zero-order valence-electron chi connectivity index (χ0n) is 19.4. The highest BCUT2D eigenvalue weighted by atomic mass is 16.6. The number of ketones is 2. The Morgan fingerprint density at radius 3 is 2.48 bits per heavy atom. The number of fused-ring (bicyclic) bond motifs is 1. The maximum Gasteiger partial charge on any atom is 0.355 e. The molecule has 1 saturated heterocycles. The van der Waals surface area contributed by atoms with Gasteiger partial charge in [-0.05, 0) is 70.5 Å². The zero-order valence-corrected chi connectivity index (χ0v) is 19.4. The Balaban J connectivity index is 1.35. The molecule has 8 heteroatoms. The standard InChI is InChI=1S/C25H30N2O6/c1-4-31-25(30)23-15(2)22(16(3)26-23)19(28)14-27-9-7-17(8-10-27)24(29)18-5-6-20-21(13-18)33-12-11-32-20/h5-6,13,17,26H,4,7-12,14H2,1-3H3. The number of Topliss-reactive ketones (excluding diaryl/α,β-unsaturated/α-hetero) is 2. The number of hydrogen-bond acceptors (Lipinski definition) is 7. The SMILES string of the molecule is CCOC(=O)c1[nH]c(C)c(C(=O)CN2CCC(C(=O)c3ccc4c(c3)OCCO4)CC2)c1C. The fraction of sp³-hybridized carbons (Fsp3) is 0.480. The molecule has 0 atom stereocenters. The second-order valence-corrected chi connectivity index (χ2v) is 8.54. The summed E-state index contributed by atoms with van der Waals surface area (Å²) in [6.07, 6.45) is 1.39. The minimum absolute atomic E-state index is 0.0339. The number of nitrogens with one attached hydrogen (secondary N) is 1. The van der Waals surface area contributed by atoms with Gasteiger partial charge in [-0.2, -0.15) is 0 Å². The second kappa shape index (κ2) is 9.79. The van der Waals surface area contributed by atoms with Gasteiger partial charge in [0, 0.05) is 22.7 Å². The number of ether oxygens (including phenoxy) is 3. The number of likely N-dealkylation sites (tertiary alicyclic amines) is 1. The quantitative estimate of drug-likeness (QED) is 0.506. The third kappa shape index (κ3) is 4.80. The largest absolute Gasteiger partial charge is 0.486 e. The van der Waals surface area contributed by atoms with Crippen molar-refractivity contribution in [3.05, 3.63) is 46.3 Å². The van der Waals surface area contributed by atoms with Crippen LogP contribution in [0.15, 0.2) is 18.2 Å². The summed E-state index contributed by atoms with van der Waals surface area (Å²) in [6, 6.07) is 5.36. The first kappa shape index (κ1) is 23.0. The molecule has 0 bridgehead atoms. The van der Waals surface area contributed by atoms with Crippen LogP contribution in [0, 0.1) is 19.8 Å². The fourth-order valence-electron chi connectivity index (χ4n) is 4.64. The van der Waals surface area contributed by atoms with E-state index in [1.165, 1.54) is 0 Å². The van der Waals surface area contributed by atoms with E-state index in [0.717, 1.165) is 0 Å². The number of aromatic nitrogens is 1. The molecule has 176 valence electrons. The Bertz CT molecular complexity index is 1070. The van der Waals surface area contributed by atoms with Crippen molar-refractivity contribution in [2.45, 2.75) is 33.6 Å². The molecule has 0 unspecified atom stereocenters. The summed E-state index contributed by atoms with van der Waals surface area (Å²) in [4.78, 5) is 43.2. The van der Waals surface area contributed by atoms with Crippen LogP contribution in [0.1, 0.15) is 62.2 Å². The van der Waals surface area contributed by atoms with Crippen molar-refractivity contribution in [1.82, 2.24) is 9.88 Å². The van der Waals surface area contributed by atoms with Crippen LogP contribution < -0.4 is 9.47 Å². The lowest BCUT2D eigenvalue weighted by atomic mass is 9.88. The number of carbonyl (C=O) groups is 3. The van der Waals surface area contributed by atoms with Crippen LogP contribution in [0.5, 0.6) is 11.5 Å². The molecule has 0 aliphatic carbocycles. The predicted octanol–water partition coefficient (Wildman–Crippen LogP) is 3.36. The van der Waals surface area contributed by atoms with Gasteiger partial charge in [0.05, 0.1) is 13.2 Å². The molecule has 4 rings (SSSR count). The number of piperidine rings is 1. The van der Waals surface area contributed by atoms with E-state index in [1.807, 2.05) is 0 Å².